The Morgan fingerprint density at radius 2 is 1.89 bits per heavy atom. The van der Waals surface area contributed by atoms with Crippen LogP contribution in [0.15, 0.2) is 47.7 Å². The van der Waals surface area contributed by atoms with Crippen LogP contribution in [-0.4, -0.2) is 36.0 Å². The van der Waals surface area contributed by atoms with Crippen molar-refractivity contribution >= 4 is 11.6 Å². The number of aryl methyl sites for hydroxylation is 2. The molecule has 0 saturated carbocycles. The molecule has 4 aromatic heterocycles. The van der Waals surface area contributed by atoms with Crippen LogP contribution in [0.5, 0.6) is 5.75 Å². The number of rotatable bonds is 7. The molecule has 4 rings (SSSR count). The summed E-state index contributed by atoms with van der Waals surface area (Å²) in [6.07, 6.45) is 4.23. The van der Waals surface area contributed by atoms with Gasteiger partial charge < -0.3 is 9.84 Å². The zero-order valence-corrected chi connectivity index (χ0v) is 20.8. The van der Waals surface area contributed by atoms with Crippen LogP contribution in [0.1, 0.15) is 36.5 Å². The molecule has 36 heavy (non-hydrogen) atoms. The molecule has 0 aromatic carbocycles. The summed E-state index contributed by atoms with van der Waals surface area (Å²) < 4.78 is 35.5. The molecule has 4 heterocycles. The molecule has 11 heteroatoms. The number of halogens is 3. The van der Waals surface area contributed by atoms with Gasteiger partial charge in [-0.25, -0.2) is 18.4 Å². The van der Waals surface area contributed by atoms with Crippen molar-refractivity contribution in [1.29, 1.82) is 0 Å². The maximum atomic E-state index is 13.9. The van der Waals surface area contributed by atoms with Crippen LogP contribution in [-0.2, 0) is 12.0 Å². The fourth-order valence-electron chi connectivity index (χ4n) is 3.54. The van der Waals surface area contributed by atoms with Crippen molar-refractivity contribution in [1.82, 2.24) is 24.3 Å². The number of hydrogen-bond donors (Lipinski definition) is 1. The summed E-state index contributed by atoms with van der Waals surface area (Å²) in [4.78, 5) is 21.4. The highest BCUT2D eigenvalue weighted by molar-refractivity contribution is 6.31. The molecule has 0 amide bonds. The predicted molar refractivity (Wildman–Crippen MR) is 130 cm³/mol. The fraction of sp³-hybridized carbons (Fsp3) is 0.280. The van der Waals surface area contributed by atoms with Crippen molar-refractivity contribution < 1.29 is 18.6 Å². The van der Waals surface area contributed by atoms with E-state index in [4.69, 9.17) is 16.3 Å². The van der Waals surface area contributed by atoms with Gasteiger partial charge >= 0.3 is 0 Å². The molecule has 0 unspecified atom stereocenters. The van der Waals surface area contributed by atoms with Crippen molar-refractivity contribution in [2.45, 2.75) is 39.7 Å². The minimum atomic E-state index is -0.861. The summed E-state index contributed by atoms with van der Waals surface area (Å²) >= 11 is 6.34. The van der Waals surface area contributed by atoms with Gasteiger partial charge in [0.05, 0.1) is 24.2 Å². The van der Waals surface area contributed by atoms with Crippen molar-refractivity contribution in [3.63, 3.8) is 0 Å². The third kappa shape index (κ3) is 4.87. The average molecular weight is 516 g/mol. The largest absolute Gasteiger partial charge is 0.485 e. The van der Waals surface area contributed by atoms with Gasteiger partial charge in [0.2, 0.25) is 0 Å². The zero-order valence-electron chi connectivity index (χ0n) is 20.1. The number of aromatic nitrogens is 5. The minimum absolute atomic E-state index is 0.0517. The molecule has 8 nitrogen and oxygen atoms in total. The van der Waals surface area contributed by atoms with Crippen LogP contribution < -0.4 is 10.3 Å². The normalized spacial score (nSPS) is 11.7. The van der Waals surface area contributed by atoms with Crippen LogP contribution in [0.2, 0.25) is 5.02 Å². The Balaban J connectivity index is 1.69. The number of aliphatic hydroxyl groups excluding tert-OH is 1. The summed E-state index contributed by atoms with van der Waals surface area (Å²) in [6, 6.07) is 5.77. The van der Waals surface area contributed by atoms with Crippen molar-refractivity contribution in [3.8, 4) is 17.3 Å². The second-order valence-electron chi connectivity index (χ2n) is 8.99. The topological polar surface area (TPSA) is 95.1 Å². The number of ether oxygens (including phenoxy) is 1. The average Bonchev–Trinajstić information content (AvgIpc) is 3.34. The van der Waals surface area contributed by atoms with Gasteiger partial charge in [-0.2, -0.15) is 5.10 Å². The van der Waals surface area contributed by atoms with E-state index >= 15 is 0 Å². The molecule has 0 spiro atoms. The lowest BCUT2D eigenvalue weighted by Gasteiger charge is -2.18. The van der Waals surface area contributed by atoms with Gasteiger partial charge in [-0.1, -0.05) is 25.4 Å². The number of nitrogens with zero attached hydrogens (tertiary/aromatic N) is 5. The highest BCUT2D eigenvalue weighted by Crippen LogP contribution is 2.27. The first kappa shape index (κ1) is 25.5. The molecular weight excluding hydrogens is 492 g/mol. The fourth-order valence-corrected chi connectivity index (χ4v) is 3.74. The Morgan fingerprint density at radius 3 is 2.58 bits per heavy atom. The van der Waals surface area contributed by atoms with Crippen LogP contribution in [0.25, 0.3) is 11.5 Å². The van der Waals surface area contributed by atoms with Crippen molar-refractivity contribution in [3.05, 3.63) is 92.5 Å². The van der Waals surface area contributed by atoms with Gasteiger partial charge in [-0.05, 0) is 25.5 Å². The first-order chi connectivity index (χ1) is 17.0. The smallest absolute Gasteiger partial charge is 0.277 e. The first-order valence-corrected chi connectivity index (χ1v) is 11.4. The van der Waals surface area contributed by atoms with E-state index in [1.165, 1.54) is 4.57 Å². The number of aliphatic hydroxyl groups is 1. The Labute approximate surface area is 210 Å². The predicted octanol–water partition coefficient (Wildman–Crippen LogP) is 4.21. The van der Waals surface area contributed by atoms with E-state index in [0.717, 1.165) is 6.20 Å². The lowest BCUT2D eigenvalue weighted by molar-refractivity contribution is 0.215. The maximum absolute atomic E-state index is 13.9. The molecule has 0 saturated heterocycles. The molecule has 0 fully saturated rings. The second kappa shape index (κ2) is 9.79. The van der Waals surface area contributed by atoms with Gasteiger partial charge in [0.1, 0.15) is 28.9 Å². The van der Waals surface area contributed by atoms with E-state index in [1.807, 2.05) is 20.8 Å². The molecule has 188 valence electrons. The summed E-state index contributed by atoms with van der Waals surface area (Å²) in [5.74, 6) is -1.14. The van der Waals surface area contributed by atoms with E-state index in [-0.39, 0.29) is 29.7 Å². The molecule has 0 radical (unpaired) electrons. The monoisotopic (exact) mass is 515 g/mol. The van der Waals surface area contributed by atoms with Crippen molar-refractivity contribution in [2.24, 2.45) is 0 Å². The summed E-state index contributed by atoms with van der Waals surface area (Å²) in [6.45, 7) is 6.87. The van der Waals surface area contributed by atoms with Gasteiger partial charge in [0.15, 0.2) is 11.6 Å². The van der Waals surface area contributed by atoms with E-state index < -0.39 is 22.6 Å². The SMILES string of the molecule is Cc1cnc(-n2ccc(C(C)(C)CO)n2)cc1-n1c(C)cc(OCc2ncc(F)cc2F)c(Cl)c1=O. The molecule has 0 bridgehead atoms. The maximum Gasteiger partial charge on any atom is 0.277 e. The molecule has 0 aliphatic carbocycles. The lowest BCUT2D eigenvalue weighted by atomic mass is 9.91. The van der Waals surface area contributed by atoms with Gasteiger partial charge in [-0.15, -0.1) is 0 Å². The van der Waals surface area contributed by atoms with E-state index in [2.05, 4.69) is 15.1 Å². The summed E-state index contributed by atoms with van der Waals surface area (Å²) in [5.41, 5.74) is 1.28. The Hall–Kier alpha value is -3.63. The Bertz CT molecular complexity index is 1500. The summed E-state index contributed by atoms with van der Waals surface area (Å²) in [7, 11) is 0. The molecule has 0 aliphatic rings. The van der Waals surface area contributed by atoms with E-state index in [1.54, 1.807) is 42.2 Å². The molecular formula is C25H24ClF2N5O3. The van der Waals surface area contributed by atoms with Crippen LogP contribution >= 0.6 is 11.6 Å². The molecule has 4 aromatic rings. The quantitative estimate of drug-likeness (QED) is 0.396. The van der Waals surface area contributed by atoms with Crippen LogP contribution in [0.3, 0.4) is 0 Å². The highest BCUT2D eigenvalue weighted by atomic mass is 35.5. The van der Waals surface area contributed by atoms with Gasteiger partial charge in [0.25, 0.3) is 5.56 Å². The third-order valence-corrected chi connectivity index (χ3v) is 6.11. The van der Waals surface area contributed by atoms with E-state index in [0.29, 0.717) is 34.5 Å². The molecule has 1 N–H and O–H groups in total. The Kier molecular flexibility index (Phi) is 6.92. The third-order valence-electron chi connectivity index (χ3n) is 5.76. The second-order valence-corrected chi connectivity index (χ2v) is 9.37. The summed E-state index contributed by atoms with van der Waals surface area (Å²) in [5, 5.41) is 14.0. The van der Waals surface area contributed by atoms with Crippen LogP contribution in [0.4, 0.5) is 8.78 Å². The van der Waals surface area contributed by atoms with Gasteiger partial charge in [-0.3, -0.25) is 14.3 Å². The van der Waals surface area contributed by atoms with Gasteiger partial charge in [0, 0.05) is 41.7 Å². The standard InChI is InChI=1S/C25H24ClF2N5O3/c1-14-10-30-22(32-6-5-21(31-32)25(3,4)13-34)9-19(14)33-15(2)7-20(23(26)24(33)35)36-12-18-17(28)8-16(27)11-29-18/h5-11,34H,12-13H2,1-4H3. The highest BCUT2D eigenvalue weighted by Gasteiger charge is 2.23. The molecule has 0 atom stereocenters. The zero-order chi connectivity index (χ0) is 26.2. The lowest BCUT2D eigenvalue weighted by Crippen LogP contribution is -2.23. The molecule has 0 aliphatic heterocycles. The van der Waals surface area contributed by atoms with Crippen LogP contribution in [0, 0.1) is 25.5 Å². The van der Waals surface area contributed by atoms with E-state index in [9.17, 15) is 18.7 Å². The van der Waals surface area contributed by atoms with Crippen molar-refractivity contribution in [2.75, 3.05) is 6.61 Å². The minimum Gasteiger partial charge on any atom is -0.485 e. The Morgan fingerprint density at radius 1 is 1.14 bits per heavy atom. The number of pyridine rings is 3. The first-order valence-electron chi connectivity index (χ1n) is 11.0. The number of hydrogen-bond acceptors (Lipinski definition) is 6.